The molecule has 1 aliphatic rings. The number of methoxy groups -OCH3 is 1. The van der Waals surface area contributed by atoms with Crippen molar-refractivity contribution in [3.63, 3.8) is 0 Å². The van der Waals surface area contributed by atoms with Crippen molar-refractivity contribution in [1.82, 2.24) is 5.43 Å². The summed E-state index contributed by atoms with van der Waals surface area (Å²) in [6, 6.07) is 7.82. The number of rotatable bonds is 2. The second-order valence-electron chi connectivity index (χ2n) is 4.53. The van der Waals surface area contributed by atoms with Crippen LogP contribution in [-0.4, -0.2) is 19.5 Å². The summed E-state index contributed by atoms with van der Waals surface area (Å²) in [5, 5.41) is 7.57. The third-order valence-corrected chi connectivity index (χ3v) is 2.71. The van der Waals surface area contributed by atoms with Crippen LogP contribution in [0.5, 0.6) is 5.75 Å². The van der Waals surface area contributed by atoms with Crippen molar-refractivity contribution in [3.8, 4) is 5.75 Å². The Morgan fingerprint density at radius 2 is 2.00 bits per heavy atom. The van der Waals surface area contributed by atoms with Crippen LogP contribution in [0.4, 0.5) is 5.69 Å². The smallest absolute Gasteiger partial charge is 0.134 e. The molecule has 1 aromatic carbocycles. The summed E-state index contributed by atoms with van der Waals surface area (Å²) in [5.74, 6) is 1.83. The first-order valence-corrected chi connectivity index (χ1v) is 5.34. The number of hydrogen-bond donors (Lipinski definition) is 2. The van der Waals surface area contributed by atoms with Crippen molar-refractivity contribution < 1.29 is 4.74 Å². The van der Waals surface area contributed by atoms with E-state index in [4.69, 9.17) is 4.74 Å². The van der Waals surface area contributed by atoms with Crippen LogP contribution in [0.2, 0.25) is 0 Å². The number of benzene rings is 1. The Bertz CT molecular complexity index is 395. The number of ether oxygens (including phenoxy) is 1. The maximum Gasteiger partial charge on any atom is 0.134 e. The molecule has 0 saturated heterocycles. The molecule has 2 rings (SSSR count). The number of amidine groups is 1. The molecule has 0 bridgehead atoms. The van der Waals surface area contributed by atoms with E-state index in [1.165, 1.54) is 0 Å². The maximum absolute atomic E-state index is 5.11. The molecule has 1 aromatic rings. The summed E-state index contributed by atoms with van der Waals surface area (Å²) in [6.07, 6.45) is 0. The monoisotopic (exact) mass is 219 g/mol. The van der Waals surface area contributed by atoms with Crippen molar-refractivity contribution in [2.75, 3.05) is 19.0 Å². The third-order valence-electron chi connectivity index (χ3n) is 2.71. The van der Waals surface area contributed by atoms with Gasteiger partial charge in [-0.2, -0.15) is 5.10 Å². The zero-order chi connectivity index (χ0) is 11.6. The van der Waals surface area contributed by atoms with Gasteiger partial charge in [0, 0.05) is 17.6 Å². The Kier molecular flexibility index (Phi) is 2.73. The fourth-order valence-electron chi connectivity index (χ4n) is 1.56. The first-order valence-electron chi connectivity index (χ1n) is 5.34. The zero-order valence-corrected chi connectivity index (χ0v) is 9.87. The van der Waals surface area contributed by atoms with E-state index in [0.717, 1.165) is 23.8 Å². The van der Waals surface area contributed by atoms with Crippen LogP contribution in [0.25, 0.3) is 0 Å². The van der Waals surface area contributed by atoms with Gasteiger partial charge in [0.25, 0.3) is 0 Å². The molecular formula is C12H17N3O. The molecule has 86 valence electrons. The fourth-order valence-corrected chi connectivity index (χ4v) is 1.56. The van der Waals surface area contributed by atoms with Crippen molar-refractivity contribution >= 4 is 11.5 Å². The highest BCUT2D eigenvalue weighted by molar-refractivity contribution is 6.00. The highest BCUT2D eigenvalue weighted by Crippen LogP contribution is 2.23. The topological polar surface area (TPSA) is 45.6 Å². The second-order valence-corrected chi connectivity index (χ2v) is 4.53. The molecule has 0 spiro atoms. The molecule has 0 radical (unpaired) electrons. The number of hydrazone groups is 1. The average Bonchev–Trinajstić information content (AvgIpc) is 2.59. The van der Waals surface area contributed by atoms with Gasteiger partial charge in [-0.15, -0.1) is 0 Å². The first-order chi connectivity index (χ1) is 7.62. The quantitative estimate of drug-likeness (QED) is 0.800. The third kappa shape index (κ3) is 2.10. The molecule has 0 fully saturated rings. The van der Waals surface area contributed by atoms with Crippen LogP contribution < -0.4 is 15.5 Å². The van der Waals surface area contributed by atoms with E-state index in [2.05, 4.69) is 29.7 Å². The van der Waals surface area contributed by atoms with Gasteiger partial charge in [-0.05, 0) is 24.3 Å². The number of nitrogens with zero attached hydrogens (tertiary/aromatic N) is 1. The summed E-state index contributed by atoms with van der Waals surface area (Å²) in [4.78, 5) is 0. The summed E-state index contributed by atoms with van der Waals surface area (Å²) in [6.45, 7) is 5.18. The van der Waals surface area contributed by atoms with E-state index < -0.39 is 0 Å². The Morgan fingerprint density at radius 1 is 1.31 bits per heavy atom. The lowest BCUT2D eigenvalue weighted by Gasteiger charge is -2.19. The largest absolute Gasteiger partial charge is 0.497 e. The Balaban J connectivity index is 2.09. The lowest BCUT2D eigenvalue weighted by molar-refractivity contribution is 0.415. The van der Waals surface area contributed by atoms with Gasteiger partial charge in [0.1, 0.15) is 11.6 Å². The van der Waals surface area contributed by atoms with Gasteiger partial charge < -0.3 is 15.5 Å². The standard InChI is InChI=1S/C12H17N3O/c1-12(2)8-13-15-11(12)14-9-4-6-10(16-3)7-5-9/h4-7,13H,8H2,1-3H3,(H,14,15). The van der Waals surface area contributed by atoms with Crippen LogP contribution in [0, 0.1) is 5.41 Å². The number of hydrogen-bond acceptors (Lipinski definition) is 4. The minimum absolute atomic E-state index is 0.0555. The van der Waals surface area contributed by atoms with E-state index in [1.807, 2.05) is 24.3 Å². The summed E-state index contributed by atoms with van der Waals surface area (Å²) >= 11 is 0. The van der Waals surface area contributed by atoms with Gasteiger partial charge in [-0.3, -0.25) is 0 Å². The van der Waals surface area contributed by atoms with Crippen LogP contribution >= 0.6 is 0 Å². The van der Waals surface area contributed by atoms with Gasteiger partial charge >= 0.3 is 0 Å². The highest BCUT2D eigenvalue weighted by atomic mass is 16.5. The number of anilines is 1. The van der Waals surface area contributed by atoms with E-state index >= 15 is 0 Å². The van der Waals surface area contributed by atoms with E-state index in [0.29, 0.717) is 0 Å². The molecule has 2 N–H and O–H groups in total. The van der Waals surface area contributed by atoms with E-state index in [1.54, 1.807) is 7.11 Å². The predicted molar refractivity (Wildman–Crippen MR) is 65.8 cm³/mol. The van der Waals surface area contributed by atoms with Gasteiger partial charge in [-0.25, -0.2) is 0 Å². The molecule has 1 aliphatic heterocycles. The lowest BCUT2D eigenvalue weighted by atomic mass is 9.93. The molecule has 0 aromatic heterocycles. The SMILES string of the molecule is COc1ccc(NC2=NNCC2(C)C)cc1. The Labute approximate surface area is 95.7 Å². The van der Waals surface area contributed by atoms with E-state index in [9.17, 15) is 0 Å². The molecule has 4 nitrogen and oxygen atoms in total. The lowest BCUT2D eigenvalue weighted by Crippen LogP contribution is -2.30. The van der Waals surface area contributed by atoms with Crippen LogP contribution in [0.1, 0.15) is 13.8 Å². The van der Waals surface area contributed by atoms with Gasteiger partial charge in [0.15, 0.2) is 0 Å². The molecule has 4 heteroatoms. The normalized spacial score (nSPS) is 17.6. The predicted octanol–water partition coefficient (Wildman–Crippen LogP) is 2.05. The fraction of sp³-hybridized carbons (Fsp3) is 0.417. The molecule has 0 saturated carbocycles. The van der Waals surface area contributed by atoms with Gasteiger partial charge in [0.2, 0.25) is 0 Å². The summed E-state index contributed by atoms with van der Waals surface area (Å²) < 4.78 is 5.11. The number of nitrogens with one attached hydrogen (secondary N) is 2. The first kappa shape index (κ1) is 10.8. The summed E-state index contributed by atoms with van der Waals surface area (Å²) in [7, 11) is 1.66. The van der Waals surface area contributed by atoms with Crippen molar-refractivity contribution in [2.24, 2.45) is 10.5 Å². The van der Waals surface area contributed by atoms with Gasteiger partial charge in [-0.1, -0.05) is 13.8 Å². The Hall–Kier alpha value is -1.71. The molecule has 0 atom stereocenters. The molecular weight excluding hydrogens is 202 g/mol. The average molecular weight is 219 g/mol. The molecule has 0 amide bonds. The Morgan fingerprint density at radius 3 is 2.50 bits per heavy atom. The van der Waals surface area contributed by atoms with Crippen LogP contribution in [0.3, 0.4) is 0 Å². The second kappa shape index (κ2) is 4.04. The minimum atomic E-state index is 0.0555. The van der Waals surface area contributed by atoms with Crippen molar-refractivity contribution in [2.45, 2.75) is 13.8 Å². The van der Waals surface area contributed by atoms with Crippen LogP contribution in [-0.2, 0) is 0 Å². The van der Waals surface area contributed by atoms with Crippen molar-refractivity contribution in [1.29, 1.82) is 0 Å². The highest BCUT2D eigenvalue weighted by Gasteiger charge is 2.29. The van der Waals surface area contributed by atoms with Gasteiger partial charge in [0.05, 0.1) is 7.11 Å². The minimum Gasteiger partial charge on any atom is -0.497 e. The summed E-state index contributed by atoms with van der Waals surface area (Å²) in [5.41, 5.74) is 4.09. The maximum atomic E-state index is 5.11. The van der Waals surface area contributed by atoms with E-state index in [-0.39, 0.29) is 5.41 Å². The molecule has 1 heterocycles. The zero-order valence-electron chi connectivity index (χ0n) is 9.87. The van der Waals surface area contributed by atoms with Crippen molar-refractivity contribution in [3.05, 3.63) is 24.3 Å². The molecule has 0 aliphatic carbocycles. The molecule has 0 unspecified atom stereocenters. The van der Waals surface area contributed by atoms with Crippen LogP contribution in [0.15, 0.2) is 29.4 Å². The molecule has 16 heavy (non-hydrogen) atoms.